The molecule has 16 nitrogen and oxygen atoms in total. The molecule has 2 aliphatic heterocycles. The number of nitrogens with zero attached hydrogens (tertiary/aromatic N) is 7. The zero-order chi connectivity index (χ0) is 42.4. The predicted octanol–water partition coefficient (Wildman–Crippen LogP) is 7.06. The number of imidazole rings is 2. The van der Waals surface area contributed by atoms with Gasteiger partial charge in [-0.3, -0.25) is 14.5 Å². The van der Waals surface area contributed by atoms with Gasteiger partial charge in [-0.05, 0) is 83.7 Å². The summed E-state index contributed by atoms with van der Waals surface area (Å²) in [6, 6.07) is 14.6. The van der Waals surface area contributed by atoms with Gasteiger partial charge in [-0.1, -0.05) is 52.0 Å². The molecular formula is C44H50N10O6. The van der Waals surface area contributed by atoms with Crippen molar-refractivity contribution in [1.82, 2.24) is 49.9 Å². The summed E-state index contributed by atoms with van der Waals surface area (Å²) in [5, 5.41) is 14.4. The number of fused-ring (bicyclic) bond motifs is 3. The number of hydrogen-bond acceptors (Lipinski definition) is 9. The van der Waals surface area contributed by atoms with Gasteiger partial charge in [0.05, 0.1) is 30.2 Å². The van der Waals surface area contributed by atoms with Gasteiger partial charge in [0.15, 0.2) is 11.3 Å². The molecule has 1 unspecified atom stereocenters. The first-order chi connectivity index (χ1) is 28.8. The fraction of sp³-hybridized carbons (Fsp3) is 0.409. The molecule has 4 aromatic heterocycles. The zero-order valence-electron chi connectivity index (χ0n) is 34.6. The van der Waals surface area contributed by atoms with E-state index < -0.39 is 24.3 Å². The highest BCUT2D eigenvalue weighted by Crippen LogP contribution is 2.36. The number of amides is 4. The van der Waals surface area contributed by atoms with Crippen LogP contribution in [0.15, 0.2) is 60.9 Å². The predicted molar refractivity (Wildman–Crippen MR) is 226 cm³/mol. The number of rotatable bonds is 10. The van der Waals surface area contributed by atoms with Crippen molar-refractivity contribution in [2.24, 2.45) is 11.8 Å². The number of H-pyrrole nitrogens is 2. The number of nitrogens with one attached hydrogen (secondary N) is 3. The Morgan fingerprint density at radius 2 is 1.25 bits per heavy atom. The molecule has 16 heteroatoms. The summed E-state index contributed by atoms with van der Waals surface area (Å²) in [4.78, 5) is 81.6. The normalized spacial score (nSPS) is 17.9. The molecule has 4 amide bonds. The Bertz CT molecular complexity index is 2620. The van der Waals surface area contributed by atoms with Crippen molar-refractivity contribution in [1.29, 1.82) is 0 Å². The monoisotopic (exact) mass is 814 g/mol. The zero-order valence-corrected chi connectivity index (χ0v) is 34.6. The van der Waals surface area contributed by atoms with Crippen LogP contribution in [0.3, 0.4) is 0 Å². The lowest BCUT2D eigenvalue weighted by molar-refractivity contribution is -0.138. The summed E-state index contributed by atoms with van der Waals surface area (Å²) in [6.45, 7) is 8.60. The summed E-state index contributed by atoms with van der Waals surface area (Å²) >= 11 is 0. The van der Waals surface area contributed by atoms with Crippen LogP contribution in [0, 0.1) is 11.8 Å². The van der Waals surface area contributed by atoms with Crippen LogP contribution >= 0.6 is 0 Å². The second-order valence-corrected chi connectivity index (χ2v) is 16.5. The van der Waals surface area contributed by atoms with Crippen molar-refractivity contribution < 1.29 is 29.0 Å². The smallest absolute Gasteiger partial charge is 0.407 e. The largest absolute Gasteiger partial charge is 0.465 e. The molecule has 0 aliphatic carbocycles. The number of carboxylic acid groups (broad SMARTS) is 1. The van der Waals surface area contributed by atoms with E-state index in [1.54, 1.807) is 16.0 Å². The Kier molecular flexibility index (Phi) is 10.9. The molecule has 2 saturated heterocycles. The molecule has 0 radical (unpaired) electrons. The maximum atomic E-state index is 13.7. The molecule has 6 heterocycles. The Morgan fingerprint density at radius 3 is 1.70 bits per heavy atom. The number of alkyl carbamates (subject to hydrolysis) is 1. The molecule has 0 spiro atoms. The quantitative estimate of drug-likeness (QED) is 0.111. The summed E-state index contributed by atoms with van der Waals surface area (Å²) in [5.41, 5.74) is 6.47. The van der Waals surface area contributed by atoms with Crippen LogP contribution in [-0.2, 0) is 14.3 Å². The van der Waals surface area contributed by atoms with Crippen molar-refractivity contribution in [3.05, 3.63) is 72.6 Å². The van der Waals surface area contributed by atoms with Gasteiger partial charge in [-0.2, -0.15) is 0 Å². The van der Waals surface area contributed by atoms with E-state index >= 15 is 0 Å². The van der Waals surface area contributed by atoms with E-state index in [9.17, 15) is 24.3 Å². The van der Waals surface area contributed by atoms with Crippen molar-refractivity contribution in [2.75, 3.05) is 27.2 Å². The third-order valence-electron chi connectivity index (χ3n) is 11.9. The summed E-state index contributed by atoms with van der Waals surface area (Å²) in [5.74, 6) is 0.619. The van der Waals surface area contributed by atoms with E-state index in [0.29, 0.717) is 36.0 Å². The number of aromatic amines is 2. The molecule has 0 saturated carbocycles. The lowest BCUT2D eigenvalue weighted by Crippen LogP contribution is -2.51. The van der Waals surface area contributed by atoms with Gasteiger partial charge in [0.25, 0.3) is 0 Å². The number of carbonyl (C=O) groups is 4. The van der Waals surface area contributed by atoms with Gasteiger partial charge in [-0.25, -0.2) is 29.5 Å². The molecule has 0 bridgehead atoms. The second-order valence-electron chi connectivity index (χ2n) is 16.5. The van der Waals surface area contributed by atoms with E-state index in [1.807, 2.05) is 46.0 Å². The number of pyridine rings is 2. The topological polar surface area (TPSA) is 203 Å². The summed E-state index contributed by atoms with van der Waals surface area (Å²) in [7, 11) is 2.73. The van der Waals surface area contributed by atoms with Crippen molar-refractivity contribution in [2.45, 2.75) is 77.5 Å². The summed E-state index contributed by atoms with van der Waals surface area (Å²) < 4.78 is 4.77. The minimum Gasteiger partial charge on any atom is -0.465 e. The standard InChI is InChI=1S/C44H50N10O6/c1-23(2)35(49-43(57)60-6)41(55)53-15-7-9-33(53)39-47-31-19-29(21-45-37(31)50-39)27-13-11-26-18-28(14-12-25(26)17-27)30-20-32-38(46-22-30)51-40(48-32)34-10-8-16-54(34)42(56)36(24(3)4)52(5)44(58)59/h11-14,17-24,33-36H,7-10,15-16H2,1-6H3,(H,49,57)(H,58,59)(H,45,47,50)(H,46,48,51)/t33?,34-,35-,36-/m0/s1. The number of methoxy groups -OCH3 is 1. The SMILES string of the molecule is COC(=O)N[C@H](C(=O)N1CCCC1c1nc2ncc(-c3ccc4cc(-c5cnc6nc([C@@H]7CCCN7C(=O)[C@H](C(C)C)N(C)C(=O)O)[nH]c6c5)ccc4c3)cc2[nH]1)C(C)C. The number of hydrogen-bond donors (Lipinski definition) is 4. The van der Waals surface area contributed by atoms with Crippen molar-refractivity contribution >= 4 is 57.1 Å². The molecule has 2 aromatic carbocycles. The first kappa shape index (κ1) is 40.2. The molecule has 4 N–H and O–H groups in total. The van der Waals surface area contributed by atoms with Gasteiger partial charge < -0.3 is 34.9 Å². The highest BCUT2D eigenvalue weighted by molar-refractivity contribution is 5.93. The first-order valence-electron chi connectivity index (χ1n) is 20.5. The Morgan fingerprint density at radius 1 is 0.750 bits per heavy atom. The van der Waals surface area contributed by atoms with Crippen LogP contribution in [-0.4, -0.2) is 113 Å². The highest BCUT2D eigenvalue weighted by Gasteiger charge is 2.40. The molecular weight excluding hydrogens is 765 g/mol. The average Bonchev–Trinajstić information content (AvgIpc) is 4.07. The Balaban J connectivity index is 0.999. The van der Waals surface area contributed by atoms with E-state index in [2.05, 4.69) is 61.7 Å². The van der Waals surface area contributed by atoms with Gasteiger partial charge in [0.1, 0.15) is 23.7 Å². The molecule has 4 atom stereocenters. The first-order valence-corrected chi connectivity index (χ1v) is 20.5. The minimum atomic E-state index is -1.13. The van der Waals surface area contributed by atoms with Crippen molar-refractivity contribution in [3.63, 3.8) is 0 Å². The van der Waals surface area contributed by atoms with E-state index in [4.69, 9.17) is 14.7 Å². The van der Waals surface area contributed by atoms with Gasteiger partial charge in [0.2, 0.25) is 11.8 Å². The maximum absolute atomic E-state index is 13.7. The third-order valence-corrected chi connectivity index (χ3v) is 11.9. The Labute approximate surface area is 346 Å². The number of likely N-dealkylation sites (N-methyl/N-ethyl adjacent to an activating group) is 1. The maximum Gasteiger partial charge on any atom is 0.407 e. The van der Waals surface area contributed by atoms with E-state index in [0.717, 1.165) is 74.6 Å². The molecule has 8 rings (SSSR count). The molecule has 60 heavy (non-hydrogen) atoms. The molecule has 312 valence electrons. The number of benzene rings is 2. The van der Waals surface area contributed by atoms with Crippen LogP contribution in [0.4, 0.5) is 9.59 Å². The van der Waals surface area contributed by atoms with Gasteiger partial charge >= 0.3 is 12.2 Å². The number of aromatic nitrogens is 6. The van der Waals surface area contributed by atoms with Crippen LogP contribution in [0.1, 0.15) is 77.1 Å². The lowest BCUT2D eigenvalue weighted by Gasteiger charge is -2.33. The van der Waals surface area contributed by atoms with Crippen molar-refractivity contribution in [3.8, 4) is 22.3 Å². The van der Waals surface area contributed by atoms with Crippen LogP contribution in [0.2, 0.25) is 0 Å². The highest BCUT2D eigenvalue weighted by atomic mass is 16.5. The molecule has 6 aromatic rings. The third kappa shape index (κ3) is 7.57. The van der Waals surface area contributed by atoms with Gasteiger partial charge in [-0.15, -0.1) is 0 Å². The fourth-order valence-corrected chi connectivity index (χ4v) is 8.77. The van der Waals surface area contributed by atoms with Crippen LogP contribution in [0.5, 0.6) is 0 Å². The second kappa shape index (κ2) is 16.2. The van der Waals surface area contributed by atoms with E-state index in [1.165, 1.54) is 14.2 Å². The Hall–Kier alpha value is -6.58. The van der Waals surface area contributed by atoms with Crippen LogP contribution in [0.25, 0.3) is 55.4 Å². The van der Waals surface area contributed by atoms with Crippen LogP contribution < -0.4 is 5.32 Å². The molecule has 2 aliphatic rings. The lowest BCUT2D eigenvalue weighted by atomic mass is 9.99. The summed E-state index contributed by atoms with van der Waals surface area (Å²) in [6.07, 6.45) is 4.93. The number of likely N-dealkylation sites (tertiary alicyclic amines) is 2. The number of ether oxygens (including phenoxy) is 1. The molecule has 2 fully saturated rings. The average molecular weight is 815 g/mol. The number of carbonyl (C=O) groups excluding carboxylic acids is 3. The minimum absolute atomic E-state index is 0.126. The van der Waals surface area contributed by atoms with Gasteiger partial charge in [0, 0.05) is 43.7 Å². The fourth-order valence-electron chi connectivity index (χ4n) is 8.77. The van der Waals surface area contributed by atoms with E-state index in [-0.39, 0.29) is 35.7 Å².